The van der Waals surface area contributed by atoms with Crippen molar-refractivity contribution in [2.75, 3.05) is 0 Å². The quantitative estimate of drug-likeness (QED) is 0.942. The Balaban J connectivity index is 2.21. The molecule has 0 aliphatic carbocycles. The Kier molecular flexibility index (Phi) is 4.46. The Labute approximate surface area is 121 Å². The van der Waals surface area contributed by atoms with Crippen LogP contribution in [-0.4, -0.2) is 20.3 Å². The van der Waals surface area contributed by atoms with E-state index in [1.807, 2.05) is 0 Å². The zero-order valence-electron chi connectivity index (χ0n) is 10.0. The van der Waals surface area contributed by atoms with E-state index in [0.717, 1.165) is 6.07 Å². The van der Waals surface area contributed by atoms with Crippen LogP contribution in [0.15, 0.2) is 41.3 Å². The summed E-state index contributed by atoms with van der Waals surface area (Å²) < 4.78 is 25.1. The summed E-state index contributed by atoms with van der Waals surface area (Å²) in [6.07, 6.45) is 0. The fraction of sp³-hybridized carbons (Fsp3) is 0.0769. The van der Waals surface area contributed by atoms with E-state index < -0.39 is 22.6 Å². The molecule has 0 radical (unpaired) electrons. The predicted octanol–water partition coefficient (Wildman–Crippen LogP) is 2.88. The fourth-order valence-corrected chi connectivity index (χ4v) is 2.83. The lowest BCUT2D eigenvalue weighted by molar-refractivity contribution is 0.0690. The Morgan fingerprint density at radius 1 is 1.35 bits per heavy atom. The van der Waals surface area contributed by atoms with Gasteiger partial charge in [-0.3, -0.25) is 4.21 Å². The third-order valence-electron chi connectivity index (χ3n) is 2.46. The minimum atomic E-state index is -1.48. The lowest BCUT2D eigenvalue weighted by Crippen LogP contribution is -2.05. The van der Waals surface area contributed by atoms with Gasteiger partial charge in [0.1, 0.15) is 11.5 Å². The van der Waals surface area contributed by atoms with Gasteiger partial charge >= 0.3 is 5.97 Å². The molecule has 7 heteroatoms. The lowest BCUT2D eigenvalue weighted by atomic mass is 10.3. The van der Waals surface area contributed by atoms with Gasteiger partial charge in [0.05, 0.1) is 27.3 Å². The molecule has 1 N–H and O–H groups in total. The lowest BCUT2D eigenvalue weighted by Gasteiger charge is -2.04. The molecule has 4 nitrogen and oxygen atoms in total. The molecule has 0 saturated carbocycles. The summed E-state index contributed by atoms with van der Waals surface area (Å²) in [6.45, 7) is 0. The highest BCUT2D eigenvalue weighted by Gasteiger charge is 2.11. The number of carboxylic acids is 1. The van der Waals surface area contributed by atoms with Crippen molar-refractivity contribution in [1.29, 1.82) is 0 Å². The number of benzene rings is 1. The molecule has 20 heavy (non-hydrogen) atoms. The van der Waals surface area contributed by atoms with Crippen molar-refractivity contribution in [3.8, 4) is 0 Å². The number of hydrogen-bond donors (Lipinski definition) is 1. The maximum atomic E-state index is 13.0. The number of carbonyl (C=O) groups is 1. The molecular formula is C13H9ClFNO3S. The van der Waals surface area contributed by atoms with Crippen molar-refractivity contribution in [3.63, 3.8) is 0 Å². The number of halogens is 2. The standard InChI is InChI=1S/C13H9ClFNO3S/c14-10-6-9(4-5-11(10)15)20(19)7-8-2-1-3-12(16-8)13(17)18/h1-6H,7H2,(H,17,18). The smallest absolute Gasteiger partial charge is 0.354 e. The van der Waals surface area contributed by atoms with E-state index >= 15 is 0 Å². The van der Waals surface area contributed by atoms with Crippen LogP contribution in [-0.2, 0) is 16.6 Å². The second kappa shape index (κ2) is 6.11. The molecule has 1 aromatic carbocycles. The minimum absolute atomic E-state index is 0.0308. The molecule has 1 heterocycles. The zero-order valence-corrected chi connectivity index (χ0v) is 11.6. The Morgan fingerprint density at radius 2 is 2.10 bits per heavy atom. The molecule has 1 atom stereocenters. The first-order valence-electron chi connectivity index (χ1n) is 5.50. The third-order valence-corrected chi connectivity index (χ3v) is 4.09. The van der Waals surface area contributed by atoms with Gasteiger partial charge in [-0.05, 0) is 30.3 Å². The van der Waals surface area contributed by atoms with Gasteiger partial charge in [0.15, 0.2) is 0 Å². The number of rotatable bonds is 4. The summed E-state index contributed by atoms with van der Waals surface area (Å²) >= 11 is 5.62. The highest BCUT2D eigenvalue weighted by molar-refractivity contribution is 7.84. The second-order valence-electron chi connectivity index (χ2n) is 3.89. The minimum Gasteiger partial charge on any atom is -0.477 e. The monoisotopic (exact) mass is 313 g/mol. The molecule has 2 rings (SSSR count). The van der Waals surface area contributed by atoms with Crippen LogP contribution in [0.25, 0.3) is 0 Å². The van der Waals surface area contributed by atoms with Gasteiger partial charge in [-0.2, -0.15) is 0 Å². The van der Waals surface area contributed by atoms with Crippen LogP contribution < -0.4 is 0 Å². The SMILES string of the molecule is O=C(O)c1cccc(CS(=O)c2ccc(F)c(Cl)c2)n1. The molecule has 2 aromatic rings. The van der Waals surface area contributed by atoms with E-state index in [-0.39, 0.29) is 16.5 Å². The molecule has 0 spiro atoms. The van der Waals surface area contributed by atoms with Crippen molar-refractivity contribution in [2.24, 2.45) is 0 Å². The largest absolute Gasteiger partial charge is 0.477 e. The van der Waals surface area contributed by atoms with Gasteiger partial charge in [-0.15, -0.1) is 0 Å². The number of aromatic nitrogens is 1. The molecule has 0 fully saturated rings. The summed E-state index contributed by atoms with van der Waals surface area (Å²) in [6, 6.07) is 8.25. The van der Waals surface area contributed by atoms with Crippen LogP contribution in [0.1, 0.15) is 16.2 Å². The number of carboxylic acid groups (broad SMARTS) is 1. The first-order chi connectivity index (χ1) is 9.47. The fourth-order valence-electron chi connectivity index (χ4n) is 1.52. The van der Waals surface area contributed by atoms with Crippen molar-refractivity contribution in [1.82, 2.24) is 4.98 Å². The molecule has 0 saturated heterocycles. The van der Waals surface area contributed by atoms with E-state index in [9.17, 15) is 13.4 Å². The van der Waals surface area contributed by atoms with E-state index in [1.165, 1.54) is 24.3 Å². The molecule has 104 valence electrons. The molecular weight excluding hydrogens is 305 g/mol. The van der Waals surface area contributed by atoms with Crippen molar-refractivity contribution in [3.05, 3.63) is 58.6 Å². The second-order valence-corrected chi connectivity index (χ2v) is 5.74. The molecule has 1 aromatic heterocycles. The first kappa shape index (κ1) is 14.6. The Bertz CT molecular complexity index is 693. The van der Waals surface area contributed by atoms with Gasteiger partial charge in [-0.1, -0.05) is 17.7 Å². The van der Waals surface area contributed by atoms with Gasteiger partial charge in [0.25, 0.3) is 0 Å². The highest BCUT2D eigenvalue weighted by Crippen LogP contribution is 2.19. The normalized spacial score (nSPS) is 12.1. The molecule has 0 amide bonds. The summed E-state index contributed by atoms with van der Waals surface area (Å²) in [5.74, 6) is -1.70. The van der Waals surface area contributed by atoms with E-state index in [1.54, 1.807) is 6.07 Å². The van der Waals surface area contributed by atoms with Crippen LogP contribution in [0, 0.1) is 5.82 Å². The van der Waals surface area contributed by atoms with Crippen molar-refractivity contribution < 1.29 is 18.5 Å². The Hall–Kier alpha value is -1.79. The highest BCUT2D eigenvalue weighted by atomic mass is 35.5. The van der Waals surface area contributed by atoms with E-state index in [4.69, 9.17) is 16.7 Å². The molecule has 1 unspecified atom stereocenters. The first-order valence-corrected chi connectivity index (χ1v) is 7.19. The molecule has 0 bridgehead atoms. The Morgan fingerprint density at radius 3 is 2.75 bits per heavy atom. The average Bonchev–Trinajstić information content (AvgIpc) is 2.42. The van der Waals surface area contributed by atoms with Gasteiger partial charge in [-0.25, -0.2) is 14.2 Å². The molecule has 0 aliphatic rings. The van der Waals surface area contributed by atoms with Crippen LogP contribution in [0.5, 0.6) is 0 Å². The summed E-state index contributed by atoms with van der Waals surface area (Å²) in [4.78, 5) is 15.0. The average molecular weight is 314 g/mol. The van der Waals surface area contributed by atoms with E-state index in [2.05, 4.69) is 4.98 Å². The number of hydrogen-bond acceptors (Lipinski definition) is 3. The van der Waals surface area contributed by atoms with Crippen LogP contribution >= 0.6 is 11.6 Å². The zero-order chi connectivity index (χ0) is 14.7. The number of pyridine rings is 1. The van der Waals surface area contributed by atoms with Crippen LogP contribution in [0.2, 0.25) is 5.02 Å². The van der Waals surface area contributed by atoms with Gasteiger partial charge in [0, 0.05) is 4.90 Å². The number of nitrogens with zero attached hydrogens (tertiary/aromatic N) is 1. The topological polar surface area (TPSA) is 67.3 Å². The summed E-state index contributed by atoms with van der Waals surface area (Å²) in [7, 11) is -1.48. The van der Waals surface area contributed by atoms with Crippen LogP contribution in [0.3, 0.4) is 0 Å². The van der Waals surface area contributed by atoms with Crippen molar-refractivity contribution in [2.45, 2.75) is 10.6 Å². The van der Waals surface area contributed by atoms with Gasteiger partial charge in [0.2, 0.25) is 0 Å². The summed E-state index contributed by atoms with van der Waals surface area (Å²) in [5.41, 5.74) is 0.264. The van der Waals surface area contributed by atoms with Crippen molar-refractivity contribution >= 4 is 28.4 Å². The van der Waals surface area contributed by atoms with Gasteiger partial charge < -0.3 is 5.11 Å². The summed E-state index contributed by atoms with van der Waals surface area (Å²) in [5, 5.41) is 8.72. The third kappa shape index (κ3) is 3.40. The predicted molar refractivity (Wildman–Crippen MR) is 72.7 cm³/mol. The van der Waals surface area contributed by atoms with Crippen LogP contribution in [0.4, 0.5) is 4.39 Å². The number of aromatic carboxylic acids is 1. The van der Waals surface area contributed by atoms with E-state index in [0.29, 0.717) is 10.6 Å². The maximum absolute atomic E-state index is 13.0. The molecule has 0 aliphatic heterocycles. The maximum Gasteiger partial charge on any atom is 0.354 e.